The number of sulfonamides is 1. The van der Waals surface area contributed by atoms with E-state index in [1.165, 1.54) is 28.6 Å². The highest BCUT2D eigenvalue weighted by Gasteiger charge is 2.27. The molecule has 1 heterocycles. The molecule has 168 valence electrons. The highest BCUT2D eigenvalue weighted by atomic mass is 32.2. The van der Waals surface area contributed by atoms with Crippen LogP contribution >= 0.6 is 0 Å². The first-order chi connectivity index (χ1) is 14.9. The van der Waals surface area contributed by atoms with Gasteiger partial charge >= 0.3 is 0 Å². The van der Waals surface area contributed by atoms with Crippen LogP contribution in [0.3, 0.4) is 0 Å². The maximum Gasteiger partial charge on any atom is 0.254 e. The summed E-state index contributed by atoms with van der Waals surface area (Å²) in [4.78, 5) is 15.1. The average Bonchev–Trinajstić information content (AvgIpc) is 2.80. The molecule has 0 unspecified atom stereocenters. The summed E-state index contributed by atoms with van der Waals surface area (Å²) >= 11 is 0. The van der Waals surface area contributed by atoms with Crippen LogP contribution in [0.1, 0.15) is 42.1 Å². The van der Waals surface area contributed by atoms with Crippen LogP contribution in [0.25, 0.3) is 0 Å². The van der Waals surface area contributed by atoms with Gasteiger partial charge in [-0.2, -0.15) is 4.31 Å². The van der Waals surface area contributed by atoms with Crippen molar-refractivity contribution < 1.29 is 22.3 Å². The molecular formula is C23H29FN2O4S. The summed E-state index contributed by atoms with van der Waals surface area (Å²) in [6, 6.07) is 12.3. The van der Waals surface area contributed by atoms with E-state index in [0.29, 0.717) is 45.0 Å². The molecule has 1 saturated heterocycles. The summed E-state index contributed by atoms with van der Waals surface area (Å²) < 4.78 is 45.8. The molecule has 0 saturated carbocycles. The average molecular weight is 449 g/mol. The molecule has 0 atom stereocenters. The summed E-state index contributed by atoms with van der Waals surface area (Å²) in [5, 5.41) is 0. The zero-order chi connectivity index (χ0) is 22.3. The molecule has 0 radical (unpaired) electrons. The Hall–Kier alpha value is -2.29. The fourth-order valence-corrected chi connectivity index (χ4v) is 4.98. The van der Waals surface area contributed by atoms with E-state index in [2.05, 4.69) is 6.92 Å². The minimum Gasteiger partial charge on any atom is -0.379 e. The number of hydrogen-bond acceptors (Lipinski definition) is 4. The third kappa shape index (κ3) is 6.12. The molecule has 6 nitrogen and oxygen atoms in total. The topological polar surface area (TPSA) is 66.9 Å². The van der Waals surface area contributed by atoms with Crippen molar-refractivity contribution in [2.75, 3.05) is 32.8 Å². The van der Waals surface area contributed by atoms with Crippen molar-refractivity contribution in [3.8, 4) is 0 Å². The molecule has 1 amide bonds. The highest BCUT2D eigenvalue weighted by molar-refractivity contribution is 7.89. The lowest BCUT2D eigenvalue weighted by Gasteiger charge is -2.26. The molecule has 1 aliphatic rings. The number of amides is 1. The van der Waals surface area contributed by atoms with E-state index in [-0.39, 0.29) is 16.6 Å². The molecule has 0 aliphatic carbocycles. The first kappa shape index (κ1) is 23.4. The van der Waals surface area contributed by atoms with Crippen molar-refractivity contribution in [3.63, 3.8) is 0 Å². The van der Waals surface area contributed by atoms with E-state index in [9.17, 15) is 17.6 Å². The molecular weight excluding hydrogens is 419 g/mol. The molecule has 31 heavy (non-hydrogen) atoms. The Kier molecular flexibility index (Phi) is 8.17. The van der Waals surface area contributed by atoms with Crippen molar-refractivity contribution in [2.24, 2.45) is 0 Å². The van der Waals surface area contributed by atoms with Gasteiger partial charge in [0.25, 0.3) is 5.91 Å². The molecule has 0 bridgehead atoms. The first-order valence-electron chi connectivity index (χ1n) is 10.6. The Morgan fingerprint density at radius 1 is 1.10 bits per heavy atom. The third-order valence-electron chi connectivity index (χ3n) is 5.29. The molecule has 0 N–H and O–H groups in total. The third-order valence-corrected chi connectivity index (χ3v) is 7.19. The number of unbranched alkanes of at least 4 members (excludes halogenated alkanes) is 2. The van der Waals surface area contributed by atoms with Gasteiger partial charge in [0, 0.05) is 31.7 Å². The van der Waals surface area contributed by atoms with Crippen LogP contribution in [0.4, 0.5) is 4.39 Å². The zero-order valence-corrected chi connectivity index (χ0v) is 18.6. The number of nitrogens with zero attached hydrogens (tertiary/aromatic N) is 2. The smallest absolute Gasteiger partial charge is 0.254 e. The fraction of sp³-hybridized carbons (Fsp3) is 0.435. The number of benzene rings is 2. The molecule has 3 rings (SSSR count). The van der Waals surface area contributed by atoms with E-state index in [4.69, 9.17) is 4.74 Å². The van der Waals surface area contributed by atoms with Gasteiger partial charge in [-0.3, -0.25) is 4.79 Å². The van der Waals surface area contributed by atoms with Gasteiger partial charge in [-0.05, 0) is 42.3 Å². The number of carbonyl (C=O) groups is 1. The van der Waals surface area contributed by atoms with E-state index >= 15 is 0 Å². The predicted molar refractivity (Wildman–Crippen MR) is 117 cm³/mol. The van der Waals surface area contributed by atoms with Gasteiger partial charge in [-0.15, -0.1) is 0 Å². The lowest BCUT2D eigenvalue weighted by Crippen LogP contribution is -2.40. The molecule has 8 heteroatoms. The second-order valence-corrected chi connectivity index (χ2v) is 9.54. The first-order valence-corrected chi connectivity index (χ1v) is 12.1. The van der Waals surface area contributed by atoms with Crippen molar-refractivity contribution in [2.45, 2.75) is 37.6 Å². The standard InChI is InChI=1S/C23H29FN2O4S/c1-2-3-4-12-25(18-19-8-10-21(24)11-9-19)23(27)20-6-5-7-22(17-20)31(28,29)26-13-15-30-16-14-26/h5-11,17H,2-4,12-16,18H2,1H3. The maximum atomic E-state index is 13.3. The molecule has 0 spiro atoms. The Morgan fingerprint density at radius 3 is 2.48 bits per heavy atom. The summed E-state index contributed by atoms with van der Waals surface area (Å²) in [5.41, 5.74) is 1.15. The van der Waals surface area contributed by atoms with Gasteiger partial charge in [-0.1, -0.05) is 38.0 Å². The second kappa shape index (κ2) is 10.8. The SMILES string of the molecule is CCCCCN(Cc1ccc(F)cc1)C(=O)c1cccc(S(=O)(=O)N2CCOCC2)c1. The lowest BCUT2D eigenvalue weighted by molar-refractivity contribution is 0.0728. The number of hydrogen-bond donors (Lipinski definition) is 0. The van der Waals surface area contributed by atoms with Crippen LogP contribution in [-0.4, -0.2) is 56.4 Å². The van der Waals surface area contributed by atoms with Crippen LogP contribution in [0.2, 0.25) is 0 Å². The number of halogens is 1. The summed E-state index contributed by atoms with van der Waals surface area (Å²) in [7, 11) is -3.69. The normalized spacial score (nSPS) is 15.0. The molecule has 1 aliphatic heterocycles. The molecule has 0 aromatic heterocycles. The fourth-order valence-electron chi connectivity index (χ4n) is 3.52. The van der Waals surface area contributed by atoms with Crippen LogP contribution in [0.5, 0.6) is 0 Å². The Balaban J connectivity index is 1.82. The second-order valence-electron chi connectivity index (χ2n) is 7.60. The van der Waals surface area contributed by atoms with E-state index in [1.807, 2.05) is 0 Å². The van der Waals surface area contributed by atoms with Gasteiger partial charge in [-0.25, -0.2) is 12.8 Å². The van der Waals surface area contributed by atoms with Gasteiger partial charge in [0.2, 0.25) is 10.0 Å². The van der Waals surface area contributed by atoms with Crippen molar-refractivity contribution in [3.05, 3.63) is 65.5 Å². The Morgan fingerprint density at radius 2 is 1.81 bits per heavy atom. The van der Waals surface area contributed by atoms with Gasteiger partial charge in [0.1, 0.15) is 5.82 Å². The van der Waals surface area contributed by atoms with E-state index < -0.39 is 10.0 Å². The Labute approximate surface area is 183 Å². The van der Waals surface area contributed by atoms with Gasteiger partial charge in [0.05, 0.1) is 18.1 Å². The predicted octanol–water partition coefficient (Wildman–Crippen LogP) is 3.68. The summed E-state index contributed by atoms with van der Waals surface area (Å²) in [5.74, 6) is -0.562. The van der Waals surface area contributed by atoms with Gasteiger partial charge < -0.3 is 9.64 Å². The molecule has 2 aromatic carbocycles. The molecule has 2 aromatic rings. The number of carbonyl (C=O) groups excluding carboxylic acids is 1. The highest BCUT2D eigenvalue weighted by Crippen LogP contribution is 2.20. The van der Waals surface area contributed by atoms with Crippen molar-refractivity contribution in [1.29, 1.82) is 0 Å². The minimum absolute atomic E-state index is 0.107. The van der Waals surface area contributed by atoms with E-state index in [1.54, 1.807) is 29.2 Å². The van der Waals surface area contributed by atoms with Crippen molar-refractivity contribution >= 4 is 15.9 Å². The van der Waals surface area contributed by atoms with Crippen molar-refractivity contribution in [1.82, 2.24) is 9.21 Å². The van der Waals surface area contributed by atoms with Crippen LogP contribution in [0.15, 0.2) is 53.4 Å². The number of morpholine rings is 1. The van der Waals surface area contributed by atoms with E-state index in [0.717, 1.165) is 24.8 Å². The largest absolute Gasteiger partial charge is 0.379 e. The number of ether oxygens (including phenoxy) is 1. The van der Waals surface area contributed by atoms with Crippen LogP contribution in [-0.2, 0) is 21.3 Å². The van der Waals surface area contributed by atoms with Crippen LogP contribution < -0.4 is 0 Å². The van der Waals surface area contributed by atoms with Crippen LogP contribution in [0, 0.1) is 5.82 Å². The number of rotatable bonds is 9. The summed E-state index contributed by atoms with van der Waals surface area (Å²) in [6.07, 6.45) is 2.85. The summed E-state index contributed by atoms with van der Waals surface area (Å²) in [6.45, 7) is 4.30. The quantitative estimate of drug-likeness (QED) is 0.549. The minimum atomic E-state index is -3.69. The lowest BCUT2D eigenvalue weighted by atomic mass is 10.1. The monoisotopic (exact) mass is 448 g/mol. The Bertz CT molecular complexity index is 973. The maximum absolute atomic E-state index is 13.3. The van der Waals surface area contributed by atoms with Gasteiger partial charge in [0.15, 0.2) is 0 Å². The zero-order valence-electron chi connectivity index (χ0n) is 17.8. The molecule has 1 fully saturated rings.